The zero-order chi connectivity index (χ0) is 14.7. The fourth-order valence-electron chi connectivity index (χ4n) is 2.68. The van der Waals surface area contributed by atoms with Gasteiger partial charge in [-0.3, -0.25) is 0 Å². The number of esters is 1. The summed E-state index contributed by atoms with van der Waals surface area (Å²) in [4.78, 5) is 11.5. The smallest absolute Gasteiger partial charge is 0.334 e. The molecule has 1 atom stereocenters. The second kappa shape index (κ2) is 6.00. The molecule has 1 aliphatic heterocycles. The number of methoxy groups -OCH3 is 1. The molecule has 0 saturated heterocycles. The van der Waals surface area contributed by atoms with Crippen LogP contribution in [0.2, 0.25) is 0 Å². The molecule has 2 aromatic carbocycles. The lowest BCUT2D eigenvalue weighted by atomic mass is 10.0. The molecule has 0 N–H and O–H groups in total. The fourth-order valence-corrected chi connectivity index (χ4v) is 2.68. The lowest BCUT2D eigenvalue weighted by Crippen LogP contribution is -2.23. The van der Waals surface area contributed by atoms with E-state index in [4.69, 9.17) is 9.47 Å². The second-order valence-electron chi connectivity index (χ2n) is 5.30. The van der Waals surface area contributed by atoms with Gasteiger partial charge in [0.25, 0.3) is 0 Å². The van der Waals surface area contributed by atoms with E-state index < -0.39 is 0 Å². The highest BCUT2D eigenvalue weighted by Gasteiger charge is 2.21. The third-order valence-electron chi connectivity index (χ3n) is 3.82. The minimum Gasteiger partial charge on any atom is -0.501 e. The van der Waals surface area contributed by atoms with Crippen molar-refractivity contribution >= 4 is 16.7 Å². The number of carbonyl (C=O) groups excluding carboxylic acids is 1. The maximum atomic E-state index is 11.5. The lowest BCUT2D eigenvalue weighted by molar-refractivity contribution is -0.145. The third kappa shape index (κ3) is 3.24. The van der Waals surface area contributed by atoms with Crippen LogP contribution in [0.3, 0.4) is 0 Å². The van der Waals surface area contributed by atoms with Crippen LogP contribution >= 0.6 is 0 Å². The molecule has 0 radical (unpaired) electrons. The molecular weight excluding hydrogens is 264 g/mol. The summed E-state index contributed by atoms with van der Waals surface area (Å²) in [5.41, 5.74) is 1.26. The van der Waals surface area contributed by atoms with Crippen LogP contribution in [0.25, 0.3) is 10.8 Å². The lowest BCUT2D eigenvalue weighted by Gasteiger charge is -2.22. The molecule has 3 rings (SSSR count). The van der Waals surface area contributed by atoms with Crippen LogP contribution in [0.15, 0.2) is 54.3 Å². The molecule has 3 heteroatoms. The summed E-state index contributed by atoms with van der Waals surface area (Å²) in [6.45, 7) is 0. The summed E-state index contributed by atoms with van der Waals surface area (Å²) < 4.78 is 10.5. The Morgan fingerprint density at radius 2 is 2.00 bits per heavy atom. The Kier molecular flexibility index (Phi) is 3.91. The maximum absolute atomic E-state index is 11.5. The number of cyclic esters (lactones) is 1. The van der Waals surface area contributed by atoms with Gasteiger partial charge in [0, 0.05) is 6.42 Å². The van der Waals surface area contributed by atoms with E-state index in [9.17, 15) is 4.79 Å². The van der Waals surface area contributed by atoms with Crippen LogP contribution in [-0.2, 0) is 20.7 Å². The molecular formula is C18H18O3. The zero-order valence-corrected chi connectivity index (χ0v) is 12.0. The minimum absolute atomic E-state index is 0.0936. The number of benzene rings is 2. The van der Waals surface area contributed by atoms with Crippen LogP contribution in [-0.4, -0.2) is 19.2 Å². The Morgan fingerprint density at radius 1 is 1.19 bits per heavy atom. The van der Waals surface area contributed by atoms with Gasteiger partial charge in [0.15, 0.2) is 0 Å². The summed E-state index contributed by atoms with van der Waals surface area (Å²) in [6.07, 6.45) is 3.69. The first-order valence-electron chi connectivity index (χ1n) is 7.17. The van der Waals surface area contributed by atoms with E-state index in [-0.39, 0.29) is 12.1 Å². The molecule has 0 aromatic heterocycles. The highest BCUT2D eigenvalue weighted by Crippen LogP contribution is 2.22. The van der Waals surface area contributed by atoms with Gasteiger partial charge in [-0.2, -0.15) is 0 Å². The van der Waals surface area contributed by atoms with Crippen LogP contribution < -0.4 is 0 Å². The topological polar surface area (TPSA) is 35.5 Å². The highest BCUT2D eigenvalue weighted by molar-refractivity contribution is 5.83. The quantitative estimate of drug-likeness (QED) is 0.803. The first kappa shape index (κ1) is 13.7. The predicted octanol–water partition coefficient (Wildman–Crippen LogP) is 3.62. The molecule has 0 saturated carbocycles. The summed E-state index contributed by atoms with van der Waals surface area (Å²) in [5.74, 6) is 0.399. The van der Waals surface area contributed by atoms with Crippen molar-refractivity contribution in [3.05, 3.63) is 59.9 Å². The SMILES string of the molecule is COC1=CC(=O)OC(CCc2ccc3ccccc3c2)C1. The molecule has 1 unspecified atom stereocenters. The van der Waals surface area contributed by atoms with E-state index in [0.717, 1.165) is 12.8 Å². The number of ether oxygens (including phenoxy) is 2. The Labute approximate surface area is 124 Å². The van der Waals surface area contributed by atoms with Crippen molar-refractivity contribution < 1.29 is 14.3 Å². The summed E-state index contributed by atoms with van der Waals surface area (Å²) in [5, 5.41) is 2.49. The Bertz CT molecular complexity index is 688. The first-order valence-corrected chi connectivity index (χ1v) is 7.17. The highest BCUT2D eigenvalue weighted by atomic mass is 16.5. The van der Waals surface area contributed by atoms with Crippen molar-refractivity contribution in [1.82, 2.24) is 0 Å². The number of hydrogen-bond acceptors (Lipinski definition) is 3. The van der Waals surface area contributed by atoms with E-state index in [0.29, 0.717) is 12.2 Å². The normalized spacial score (nSPS) is 18.2. The summed E-state index contributed by atoms with van der Waals surface area (Å²) in [7, 11) is 1.59. The molecule has 0 spiro atoms. The van der Waals surface area contributed by atoms with E-state index in [1.807, 2.05) is 12.1 Å². The summed E-state index contributed by atoms with van der Waals surface area (Å²) >= 11 is 0. The van der Waals surface area contributed by atoms with E-state index in [2.05, 4.69) is 30.3 Å². The van der Waals surface area contributed by atoms with Crippen molar-refractivity contribution in [2.24, 2.45) is 0 Å². The van der Waals surface area contributed by atoms with Gasteiger partial charge >= 0.3 is 5.97 Å². The Morgan fingerprint density at radius 3 is 2.81 bits per heavy atom. The molecule has 0 amide bonds. The van der Waals surface area contributed by atoms with Gasteiger partial charge in [0.1, 0.15) is 11.9 Å². The summed E-state index contributed by atoms with van der Waals surface area (Å²) in [6, 6.07) is 14.8. The number of hydrogen-bond donors (Lipinski definition) is 0. The minimum atomic E-state index is -0.304. The van der Waals surface area contributed by atoms with Crippen molar-refractivity contribution in [3.8, 4) is 0 Å². The van der Waals surface area contributed by atoms with Gasteiger partial charge in [0.05, 0.1) is 13.2 Å². The number of fused-ring (bicyclic) bond motifs is 1. The molecule has 1 heterocycles. The van der Waals surface area contributed by atoms with Crippen LogP contribution in [0.5, 0.6) is 0 Å². The second-order valence-corrected chi connectivity index (χ2v) is 5.30. The molecule has 21 heavy (non-hydrogen) atoms. The average molecular weight is 282 g/mol. The molecule has 0 fully saturated rings. The monoisotopic (exact) mass is 282 g/mol. The number of aryl methyl sites for hydroxylation is 1. The van der Waals surface area contributed by atoms with Crippen molar-refractivity contribution in [3.63, 3.8) is 0 Å². The van der Waals surface area contributed by atoms with Crippen LogP contribution in [0, 0.1) is 0 Å². The molecule has 2 aromatic rings. The van der Waals surface area contributed by atoms with E-state index in [1.165, 1.54) is 22.4 Å². The average Bonchev–Trinajstić information content (AvgIpc) is 2.52. The number of carbonyl (C=O) groups is 1. The van der Waals surface area contributed by atoms with Crippen molar-refractivity contribution in [1.29, 1.82) is 0 Å². The van der Waals surface area contributed by atoms with Gasteiger partial charge in [-0.25, -0.2) is 4.79 Å². The van der Waals surface area contributed by atoms with Crippen molar-refractivity contribution in [2.75, 3.05) is 7.11 Å². The standard InChI is InChI=1S/C18H18O3/c1-20-17-11-16(21-18(19)12-17)9-7-13-6-8-14-4-2-3-5-15(14)10-13/h2-6,8,10,12,16H,7,9,11H2,1H3. The molecule has 0 aliphatic carbocycles. The Balaban J connectivity index is 1.66. The van der Waals surface area contributed by atoms with Gasteiger partial charge in [-0.05, 0) is 29.2 Å². The molecule has 3 nitrogen and oxygen atoms in total. The third-order valence-corrected chi connectivity index (χ3v) is 3.82. The molecule has 0 bridgehead atoms. The largest absolute Gasteiger partial charge is 0.501 e. The van der Waals surface area contributed by atoms with Gasteiger partial charge in [-0.15, -0.1) is 0 Å². The molecule has 108 valence electrons. The first-order chi connectivity index (χ1) is 10.2. The van der Waals surface area contributed by atoms with E-state index in [1.54, 1.807) is 7.11 Å². The number of rotatable bonds is 4. The van der Waals surface area contributed by atoms with Crippen LogP contribution in [0.4, 0.5) is 0 Å². The maximum Gasteiger partial charge on any atom is 0.334 e. The predicted molar refractivity (Wildman–Crippen MR) is 81.9 cm³/mol. The Hall–Kier alpha value is -2.29. The molecule has 1 aliphatic rings. The zero-order valence-electron chi connectivity index (χ0n) is 12.0. The van der Waals surface area contributed by atoms with Crippen molar-refractivity contribution in [2.45, 2.75) is 25.4 Å². The van der Waals surface area contributed by atoms with Gasteiger partial charge < -0.3 is 9.47 Å². The van der Waals surface area contributed by atoms with Crippen LogP contribution in [0.1, 0.15) is 18.4 Å². The van der Waals surface area contributed by atoms with Gasteiger partial charge in [-0.1, -0.05) is 42.5 Å². The van der Waals surface area contributed by atoms with E-state index >= 15 is 0 Å². The fraction of sp³-hybridized carbons (Fsp3) is 0.278. The van der Waals surface area contributed by atoms with Gasteiger partial charge in [0.2, 0.25) is 0 Å².